The van der Waals surface area contributed by atoms with Crippen LogP contribution >= 0.6 is 11.6 Å². The minimum atomic E-state index is -0.0620. The molecule has 1 aromatic heterocycles. The van der Waals surface area contributed by atoms with Gasteiger partial charge in [-0.3, -0.25) is 9.48 Å². The van der Waals surface area contributed by atoms with Crippen LogP contribution in [0, 0.1) is 0 Å². The first-order chi connectivity index (χ1) is 10.1. The number of fused-ring (bicyclic) bond motifs is 1. The van der Waals surface area contributed by atoms with E-state index in [0.717, 1.165) is 16.6 Å². The third kappa shape index (κ3) is 2.50. The van der Waals surface area contributed by atoms with E-state index in [0.29, 0.717) is 16.3 Å². The lowest BCUT2D eigenvalue weighted by atomic mass is 10.0. The highest BCUT2D eigenvalue weighted by atomic mass is 35.5. The fourth-order valence-corrected chi connectivity index (χ4v) is 2.63. The molecule has 0 fully saturated rings. The fraction of sp³-hybridized carbons (Fsp3) is 0.125. The number of nitrogen functional groups attached to an aromatic ring is 1. The van der Waals surface area contributed by atoms with Crippen LogP contribution in [0.3, 0.4) is 0 Å². The normalized spacial score (nSPS) is 11.0. The Kier molecular flexibility index (Phi) is 3.39. The number of hydrogen-bond donors (Lipinski definition) is 1. The van der Waals surface area contributed by atoms with Crippen LogP contribution in [0.1, 0.15) is 16.1 Å². The van der Waals surface area contributed by atoms with Gasteiger partial charge in [0.1, 0.15) is 0 Å². The molecule has 5 heteroatoms. The second-order valence-corrected chi connectivity index (χ2v) is 5.36. The summed E-state index contributed by atoms with van der Waals surface area (Å²) in [5.41, 5.74) is 8.50. The molecule has 0 aliphatic rings. The molecular weight excluding hydrogens is 286 g/mol. The van der Waals surface area contributed by atoms with Crippen molar-refractivity contribution in [3.05, 3.63) is 58.7 Å². The monoisotopic (exact) mass is 299 g/mol. The van der Waals surface area contributed by atoms with E-state index in [2.05, 4.69) is 5.10 Å². The molecule has 0 saturated heterocycles. The van der Waals surface area contributed by atoms with E-state index in [-0.39, 0.29) is 12.2 Å². The van der Waals surface area contributed by atoms with Crippen molar-refractivity contribution < 1.29 is 4.79 Å². The van der Waals surface area contributed by atoms with E-state index >= 15 is 0 Å². The summed E-state index contributed by atoms with van der Waals surface area (Å²) in [6.45, 7) is 0. The zero-order valence-corrected chi connectivity index (χ0v) is 12.3. The number of carbonyl (C=O) groups is 1. The summed E-state index contributed by atoms with van der Waals surface area (Å²) in [5, 5.41) is 5.94. The maximum Gasteiger partial charge on any atom is 0.170 e. The van der Waals surface area contributed by atoms with Crippen molar-refractivity contribution in [3.8, 4) is 0 Å². The van der Waals surface area contributed by atoms with Gasteiger partial charge in [0.05, 0.1) is 17.6 Å². The predicted octanol–water partition coefficient (Wildman–Crippen LogP) is 3.23. The second-order valence-electron chi connectivity index (χ2n) is 4.92. The number of para-hydroxylation sites is 1. The summed E-state index contributed by atoms with van der Waals surface area (Å²) >= 11 is 5.86. The molecule has 106 valence electrons. The van der Waals surface area contributed by atoms with Gasteiger partial charge < -0.3 is 5.73 Å². The molecule has 3 rings (SSSR count). The highest BCUT2D eigenvalue weighted by molar-refractivity contribution is 6.31. The minimum absolute atomic E-state index is 0.0620. The van der Waals surface area contributed by atoms with Gasteiger partial charge in [-0.15, -0.1) is 0 Å². The number of hydrogen-bond acceptors (Lipinski definition) is 3. The number of aryl methyl sites for hydroxylation is 1. The van der Waals surface area contributed by atoms with Gasteiger partial charge in [0.2, 0.25) is 0 Å². The Balaban J connectivity index is 1.97. The second kappa shape index (κ2) is 5.22. The van der Waals surface area contributed by atoms with Crippen LogP contribution in [-0.4, -0.2) is 15.6 Å². The van der Waals surface area contributed by atoms with Gasteiger partial charge in [-0.25, -0.2) is 0 Å². The first kappa shape index (κ1) is 13.6. The number of benzene rings is 2. The molecule has 21 heavy (non-hydrogen) atoms. The Morgan fingerprint density at radius 1 is 1.29 bits per heavy atom. The standard InChI is InChI=1S/C16H14ClN3O/c1-20-15-5-3-2-4-12(15)14(19-20)9-16(21)11-7-6-10(17)8-13(11)18/h2-8H,9,18H2,1H3. The van der Waals surface area contributed by atoms with Gasteiger partial charge in [0, 0.05) is 28.7 Å². The first-order valence-corrected chi connectivity index (χ1v) is 6.93. The number of aromatic nitrogens is 2. The van der Waals surface area contributed by atoms with Gasteiger partial charge in [0.25, 0.3) is 0 Å². The average molecular weight is 300 g/mol. The maximum absolute atomic E-state index is 12.4. The van der Waals surface area contributed by atoms with Crippen molar-refractivity contribution in [3.63, 3.8) is 0 Å². The minimum Gasteiger partial charge on any atom is -0.398 e. The SMILES string of the molecule is Cn1nc(CC(=O)c2ccc(Cl)cc2N)c2ccccc21. The molecule has 0 aliphatic heterocycles. The van der Waals surface area contributed by atoms with Crippen LogP contribution in [0.25, 0.3) is 10.9 Å². The van der Waals surface area contributed by atoms with E-state index in [1.807, 2.05) is 31.3 Å². The third-order valence-electron chi connectivity index (χ3n) is 3.48. The summed E-state index contributed by atoms with van der Waals surface area (Å²) in [4.78, 5) is 12.4. The molecule has 0 atom stereocenters. The van der Waals surface area contributed by atoms with E-state index in [1.54, 1.807) is 22.9 Å². The number of nitrogens with zero attached hydrogens (tertiary/aromatic N) is 2. The molecule has 2 N–H and O–H groups in total. The Labute approximate surface area is 127 Å². The summed E-state index contributed by atoms with van der Waals surface area (Å²) in [5.74, 6) is -0.0620. The summed E-state index contributed by atoms with van der Waals surface area (Å²) < 4.78 is 1.78. The molecule has 0 radical (unpaired) electrons. The molecule has 0 spiro atoms. The number of halogens is 1. The summed E-state index contributed by atoms with van der Waals surface area (Å²) in [6.07, 6.45) is 0.215. The molecule has 0 bridgehead atoms. The Morgan fingerprint density at radius 2 is 2.05 bits per heavy atom. The van der Waals surface area contributed by atoms with Crippen LogP contribution < -0.4 is 5.73 Å². The van der Waals surface area contributed by atoms with Crippen LogP contribution in [0.5, 0.6) is 0 Å². The summed E-state index contributed by atoms with van der Waals surface area (Å²) in [6, 6.07) is 12.8. The number of ketones is 1. The van der Waals surface area contributed by atoms with Crippen molar-refractivity contribution >= 4 is 34.0 Å². The van der Waals surface area contributed by atoms with Gasteiger partial charge >= 0.3 is 0 Å². The van der Waals surface area contributed by atoms with Crippen molar-refractivity contribution in [2.45, 2.75) is 6.42 Å². The third-order valence-corrected chi connectivity index (χ3v) is 3.71. The Hall–Kier alpha value is -2.33. The van der Waals surface area contributed by atoms with Crippen molar-refractivity contribution in [1.29, 1.82) is 0 Å². The van der Waals surface area contributed by atoms with E-state index in [4.69, 9.17) is 17.3 Å². The molecule has 0 aliphatic carbocycles. The highest BCUT2D eigenvalue weighted by Crippen LogP contribution is 2.22. The van der Waals surface area contributed by atoms with Crippen molar-refractivity contribution in [1.82, 2.24) is 9.78 Å². The number of rotatable bonds is 3. The molecule has 1 heterocycles. The highest BCUT2D eigenvalue weighted by Gasteiger charge is 2.15. The molecule has 3 aromatic rings. The van der Waals surface area contributed by atoms with Gasteiger partial charge in [-0.05, 0) is 24.3 Å². The zero-order valence-electron chi connectivity index (χ0n) is 11.5. The predicted molar refractivity (Wildman–Crippen MR) is 84.6 cm³/mol. The fourth-order valence-electron chi connectivity index (χ4n) is 2.45. The number of Topliss-reactive ketones (excluding diaryl/α,β-unsaturated/α-hetero) is 1. The molecule has 4 nitrogen and oxygen atoms in total. The zero-order chi connectivity index (χ0) is 15.0. The quantitative estimate of drug-likeness (QED) is 0.596. The average Bonchev–Trinajstić information content (AvgIpc) is 2.76. The topological polar surface area (TPSA) is 60.9 Å². The van der Waals surface area contributed by atoms with E-state index in [1.165, 1.54) is 0 Å². The van der Waals surface area contributed by atoms with Gasteiger partial charge in [-0.1, -0.05) is 29.8 Å². The lowest BCUT2D eigenvalue weighted by molar-refractivity contribution is 0.0993. The van der Waals surface area contributed by atoms with Crippen molar-refractivity contribution in [2.24, 2.45) is 7.05 Å². The molecular formula is C16H14ClN3O. The van der Waals surface area contributed by atoms with E-state index < -0.39 is 0 Å². The van der Waals surface area contributed by atoms with Gasteiger partial charge in [0.15, 0.2) is 5.78 Å². The maximum atomic E-state index is 12.4. The van der Waals surface area contributed by atoms with Crippen LogP contribution in [0.2, 0.25) is 5.02 Å². The molecule has 0 saturated carbocycles. The summed E-state index contributed by atoms with van der Waals surface area (Å²) in [7, 11) is 1.87. The largest absolute Gasteiger partial charge is 0.398 e. The van der Waals surface area contributed by atoms with Gasteiger partial charge in [-0.2, -0.15) is 5.10 Å². The lowest BCUT2D eigenvalue weighted by Gasteiger charge is -2.04. The number of carbonyl (C=O) groups excluding carboxylic acids is 1. The van der Waals surface area contributed by atoms with Crippen LogP contribution in [0.4, 0.5) is 5.69 Å². The Morgan fingerprint density at radius 3 is 2.81 bits per heavy atom. The Bertz CT molecular complexity index is 839. The molecule has 2 aromatic carbocycles. The van der Waals surface area contributed by atoms with Crippen LogP contribution in [0.15, 0.2) is 42.5 Å². The first-order valence-electron chi connectivity index (χ1n) is 6.55. The lowest BCUT2D eigenvalue weighted by Crippen LogP contribution is -2.08. The molecule has 0 unspecified atom stereocenters. The number of anilines is 1. The molecule has 0 amide bonds. The van der Waals surface area contributed by atoms with E-state index in [9.17, 15) is 4.79 Å². The van der Waals surface area contributed by atoms with Crippen LogP contribution in [-0.2, 0) is 13.5 Å². The smallest absolute Gasteiger partial charge is 0.170 e. The van der Waals surface area contributed by atoms with Crippen molar-refractivity contribution in [2.75, 3.05) is 5.73 Å². The number of nitrogens with two attached hydrogens (primary N) is 1.